The molecule has 2 N–H and O–H groups in total. The number of rotatable bonds is 11. The number of carbonyl (C=O) groups is 2. The second kappa shape index (κ2) is 12.2. The molecule has 2 aromatic carbocycles. The second-order valence-electron chi connectivity index (χ2n) is 9.49. The van der Waals surface area contributed by atoms with Gasteiger partial charge in [-0.25, -0.2) is 0 Å². The molecule has 1 aliphatic heterocycles. The van der Waals surface area contributed by atoms with Gasteiger partial charge in [0.1, 0.15) is 6.04 Å². The van der Waals surface area contributed by atoms with Gasteiger partial charge in [0, 0.05) is 23.2 Å². The van der Waals surface area contributed by atoms with E-state index in [9.17, 15) is 19.5 Å². The largest absolute Gasteiger partial charge is 0.481 e. The Balaban J connectivity index is 1.65. The highest BCUT2D eigenvalue weighted by Crippen LogP contribution is 2.35. The quantitative estimate of drug-likeness (QED) is 0.348. The summed E-state index contributed by atoms with van der Waals surface area (Å²) in [7, 11) is 0. The molecule has 38 heavy (non-hydrogen) atoms. The number of nitrogens with one attached hydrogen (secondary N) is 1. The number of hydrogen-bond acceptors (Lipinski definition) is 5. The summed E-state index contributed by atoms with van der Waals surface area (Å²) in [5.74, 6) is -0.408. The first-order valence-electron chi connectivity index (χ1n) is 12.6. The number of ether oxygens (including phenoxy) is 2. The predicted molar refractivity (Wildman–Crippen MR) is 144 cm³/mol. The minimum atomic E-state index is -1.06. The van der Waals surface area contributed by atoms with Gasteiger partial charge < -0.3 is 24.5 Å². The van der Waals surface area contributed by atoms with Crippen molar-refractivity contribution < 1.29 is 24.2 Å². The first-order chi connectivity index (χ1) is 18.2. The number of aromatic nitrogens is 1. The van der Waals surface area contributed by atoms with E-state index in [1.807, 2.05) is 32.0 Å². The highest BCUT2D eigenvalue weighted by atomic mass is 35.5. The van der Waals surface area contributed by atoms with Gasteiger partial charge in [-0.2, -0.15) is 0 Å². The standard InChI is InChI=1S/C29H31ClN2O6/c1-3-4-5-24(32-16-18(2)12-21(29(32)36)13-19-6-9-22(30)10-7-19)28(35)31-23(15-27(33)34)20-8-11-25-26(14-20)38-17-37-25/h6-12,14,16,23-24H,3-5,13,15,17H2,1-2H3,(H,31,35)(H,33,34)/t23-,24-/m0/s1. The second-order valence-corrected chi connectivity index (χ2v) is 9.92. The molecule has 3 aromatic rings. The Morgan fingerprint density at radius 3 is 2.55 bits per heavy atom. The predicted octanol–water partition coefficient (Wildman–Crippen LogP) is 5.19. The number of hydrogen-bond donors (Lipinski definition) is 2. The van der Waals surface area contributed by atoms with Gasteiger partial charge in [-0.05, 0) is 60.4 Å². The van der Waals surface area contributed by atoms with Crippen molar-refractivity contribution in [2.45, 2.75) is 58.0 Å². The number of unbranched alkanes of at least 4 members (excludes halogenated alkanes) is 1. The summed E-state index contributed by atoms with van der Waals surface area (Å²) < 4.78 is 12.3. The van der Waals surface area contributed by atoms with E-state index in [0.717, 1.165) is 24.0 Å². The van der Waals surface area contributed by atoms with Crippen molar-refractivity contribution in [1.82, 2.24) is 9.88 Å². The molecule has 0 radical (unpaired) electrons. The molecule has 200 valence electrons. The number of nitrogens with zero attached hydrogens (tertiary/aromatic N) is 1. The van der Waals surface area contributed by atoms with Crippen LogP contribution in [0.25, 0.3) is 0 Å². The molecule has 0 saturated carbocycles. The third-order valence-corrected chi connectivity index (χ3v) is 6.78. The zero-order valence-electron chi connectivity index (χ0n) is 21.4. The van der Waals surface area contributed by atoms with Gasteiger partial charge in [0.25, 0.3) is 5.56 Å². The Labute approximate surface area is 226 Å². The lowest BCUT2D eigenvalue weighted by Gasteiger charge is -2.24. The van der Waals surface area contributed by atoms with Crippen molar-refractivity contribution >= 4 is 23.5 Å². The number of amides is 1. The molecular formula is C29H31ClN2O6. The summed E-state index contributed by atoms with van der Waals surface area (Å²) >= 11 is 6.01. The molecule has 0 bridgehead atoms. The molecule has 0 unspecified atom stereocenters. The number of aryl methyl sites for hydroxylation is 1. The number of pyridine rings is 1. The molecule has 0 spiro atoms. The fraction of sp³-hybridized carbons (Fsp3) is 0.345. The molecule has 0 fully saturated rings. The third kappa shape index (κ3) is 6.55. The molecule has 2 atom stereocenters. The van der Waals surface area contributed by atoms with E-state index in [2.05, 4.69) is 5.32 Å². The van der Waals surface area contributed by atoms with Gasteiger partial charge in [0.05, 0.1) is 12.5 Å². The van der Waals surface area contributed by atoms with Crippen LogP contribution in [0.1, 0.15) is 66.9 Å². The maximum Gasteiger partial charge on any atom is 0.305 e. The van der Waals surface area contributed by atoms with Crippen LogP contribution >= 0.6 is 11.6 Å². The van der Waals surface area contributed by atoms with Crippen LogP contribution in [0.5, 0.6) is 11.5 Å². The fourth-order valence-electron chi connectivity index (χ4n) is 4.62. The number of carboxylic acid groups (broad SMARTS) is 1. The van der Waals surface area contributed by atoms with Gasteiger partial charge in [0.15, 0.2) is 11.5 Å². The molecule has 1 aromatic heterocycles. The van der Waals surface area contributed by atoms with Crippen molar-refractivity contribution in [2.24, 2.45) is 0 Å². The Kier molecular flexibility index (Phi) is 8.73. The summed E-state index contributed by atoms with van der Waals surface area (Å²) in [6.45, 7) is 3.98. The monoisotopic (exact) mass is 538 g/mol. The minimum Gasteiger partial charge on any atom is -0.481 e. The van der Waals surface area contributed by atoms with Gasteiger partial charge >= 0.3 is 5.97 Å². The number of halogens is 1. The van der Waals surface area contributed by atoms with Crippen molar-refractivity contribution in [2.75, 3.05) is 6.79 Å². The number of carbonyl (C=O) groups excluding carboxylic acids is 1. The van der Waals surface area contributed by atoms with Crippen LogP contribution in [-0.4, -0.2) is 28.3 Å². The van der Waals surface area contributed by atoms with Crippen molar-refractivity contribution in [3.8, 4) is 11.5 Å². The highest BCUT2D eigenvalue weighted by Gasteiger charge is 2.27. The Morgan fingerprint density at radius 2 is 1.84 bits per heavy atom. The third-order valence-electron chi connectivity index (χ3n) is 6.53. The average Bonchev–Trinajstić information content (AvgIpc) is 3.35. The fourth-order valence-corrected chi connectivity index (χ4v) is 4.74. The normalized spacial score (nSPS) is 13.7. The molecule has 1 amide bonds. The summed E-state index contributed by atoms with van der Waals surface area (Å²) in [5.41, 5.74) is 2.68. The number of aliphatic carboxylic acids is 1. The van der Waals surface area contributed by atoms with Gasteiger partial charge in [-0.15, -0.1) is 0 Å². The van der Waals surface area contributed by atoms with E-state index in [1.165, 1.54) is 4.57 Å². The maximum atomic E-state index is 13.7. The van der Waals surface area contributed by atoms with Crippen LogP contribution in [0.3, 0.4) is 0 Å². The SMILES string of the molecule is CCCC[C@@H](C(=O)N[C@@H](CC(=O)O)c1ccc2c(c1)OCO2)n1cc(C)cc(Cc2ccc(Cl)cc2)c1=O. The average molecular weight is 539 g/mol. The highest BCUT2D eigenvalue weighted by molar-refractivity contribution is 6.30. The Morgan fingerprint density at radius 1 is 1.11 bits per heavy atom. The van der Waals surface area contributed by atoms with E-state index >= 15 is 0 Å². The minimum absolute atomic E-state index is 0.0858. The molecule has 0 saturated heterocycles. The van der Waals surface area contributed by atoms with Crippen LogP contribution in [-0.2, 0) is 16.0 Å². The lowest BCUT2D eigenvalue weighted by atomic mass is 10.0. The Hall–Kier alpha value is -3.78. The summed E-state index contributed by atoms with van der Waals surface area (Å²) in [4.78, 5) is 39.0. The van der Waals surface area contributed by atoms with E-state index < -0.39 is 24.0 Å². The number of carboxylic acids is 1. The van der Waals surface area contributed by atoms with Crippen molar-refractivity contribution in [1.29, 1.82) is 0 Å². The molecule has 8 nitrogen and oxygen atoms in total. The van der Waals surface area contributed by atoms with Crippen LogP contribution in [0.2, 0.25) is 5.02 Å². The Bertz CT molecular complexity index is 1370. The first-order valence-corrected chi connectivity index (χ1v) is 13.0. The number of fused-ring (bicyclic) bond motifs is 1. The number of benzene rings is 2. The summed E-state index contributed by atoms with van der Waals surface area (Å²) in [5, 5.41) is 13.1. The first kappa shape index (κ1) is 27.3. The molecular weight excluding hydrogens is 508 g/mol. The van der Waals surface area contributed by atoms with Crippen molar-refractivity contribution in [3.05, 3.63) is 92.4 Å². The topological polar surface area (TPSA) is 107 Å². The summed E-state index contributed by atoms with van der Waals surface area (Å²) in [6, 6.07) is 12.6. The maximum absolute atomic E-state index is 13.7. The molecule has 1 aliphatic rings. The lowest BCUT2D eigenvalue weighted by Crippen LogP contribution is -2.40. The molecule has 2 heterocycles. The van der Waals surface area contributed by atoms with Crippen LogP contribution in [0, 0.1) is 6.92 Å². The van der Waals surface area contributed by atoms with E-state index in [-0.39, 0.29) is 18.8 Å². The molecule has 9 heteroatoms. The smallest absolute Gasteiger partial charge is 0.305 e. The van der Waals surface area contributed by atoms with Gasteiger partial charge in [0.2, 0.25) is 12.7 Å². The van der Waals surface area contributed by atoms with Crippen LogP contribution < -0.4 is 20.3 Å². The van der Waals surface area contributed by atoms with Gasteiger partial charge in [-0.3, -0.25) is 14.4 Å². The van der Waals surface area contributed by atoms with Gasteiger partial charge in [-0.1, -0.05) is 49.6 Å². The van der Waals surface area contributed by atoms with Crippen LogP contribution in [0.4, 0.5) is 0 Å². The molecule has 0 aliphatic carbocycles. The lowest BCUT2D eigenvalue weighted by molar-refractivity contribution is -0.138. The van der Waals surface area contributed by atoms with E-state index in [0.29, 0.717) is 40.5 Å². The zero-order valence-corrected chi connectivity index (χ0v) is 22.2. The zero-order chi connectivity index (χ0) is 27.2. The van der Waals surface area contributed by atoms with E-state index in [4.69, 9.17) is 21.1 Å². The molecule has 4 rings (SSSR count). The van der Waals surface area contributed by atoms with Crippen LogP contribution in [0.15, 0.2) is 59.5 Å². The van der Waals surface area contributed by atoms with Crippen molar-refractivity contribution in [3.63, 3.8) is 0 Å². The van der Waals surface area contributed by atoms with E-state index in [1.54, 1.807) is 36.5 Å². The summed E-state index contributed by atoms with van der Waals surface area (Å²) in [6.07, 6.45) is 3.77.